The Morgan fingerprint density at radius 2 is 2.20 bits per heavy atom. The van der Waals surface area contributed by atoms with Gasteiger partial charge in [0.2, 0.25) is 0 Å². The summed E-state index contributed by atoms with van der Waals surface area (Å²) in [4.78, 5) is 1.41. The second-order valence-electron chi connectivity index (χ2n) is 3.83. The Labute approximate surface area is 105 Å². The lowest BCUT2D eigenvalue weighted by Gasteiger charge is -2.15. The molecule has 0 saturated carbocycles. The molecule has 0 radical (unpaired) electrons. The van der Waals surface area contributed by atoms with Gasteiger partial charge in [-0.3, -0.25) is 0 Å². The van der Waals surface area contributed by atoms with Crippen molar-refractivity contribution in [3.8, 4) is 0 Å². The number of nitrogens with one attached hydrogen (secondary N) is 1. The Morgan fingerprint density at radius 1 is 1.40 bits per heavy atom. The van der Waals surface area contributed by atoms with E-state index in [1.165, 1.54) is 34.3 Å². The summed E-state index contributed by atoms with van der Waals surface area (Å²) in [7, 11) is 0. The van der Waals surface area contributed by atoms with E-state index in [1.54, 1.807) is 0 Å². The quantitative estimate of drug-likeness (QED) is 0.775. The van der Waals surface area contributed by atoms with Gasteiger partial charge >= 0.3 is 0 Å². The van der Waals surface area contributed by atoms with Crippen molar-refractivity contribution in [3.63, 3.8) is 0 Å². The molecule has 0 aliphatic heterocycles. The molecule has 3 heteroatoms. The van der Waals surface area contributed by atoms with E-state index in [1.807, 2.05) is 11.3 Å². The molecule has 1 rings (SSSR count). The van der Waals surface area contributed by atoms with Gasteiger partial charge in [-0.05, 0) is 40.9 Å². The molecular weight excluding hydrogens is 270 g/mol. The molecule has 0 aliphatic carbocycles. The highest BCUT2D eigenvalue weighted by molar-refractivity contribution is 9.11. The minimum absolute atomic E-state index is 0.686. The van der Waals surface area contributed by atoms with E-state index in [0.29, 0.717) is 6.04 Å². The summed E-state index contributed by atoms with van der Waals surface area (Å²) < 4.78 is 1.22. The molecule has 0 aliphatic rings. The topological polar surface area (TPSA) is 12.0 Å². The van der Waals surface area contributed by atoms with Crippen LogP contribution >= 0.6 is 27.3 Å². The van der Waals surface area contributed by atoms with Gasteiger partial charge < -0.3 is 5.32 Å². The van der Waals surface area contributed by atoms with Gasteiger partial charge in [0.1, 0.15) is 0 Å². The number of hydrogen-bond acceptors (Lipinski definition) is 2. The highest BCUT2D eigenvalue weighted by atomic mass is 79.9. The van der Waals surface area contributed by atoms with Gasteiger partial charge in [-0.2, -0.15) is 0 Å². The predicted molar refractivity (Wildman–Crippen MR) is 72.5 cm³/mol. The Bertz CT molecular complexity index is 272. The molecule has 0 amide bonds. The van der Waals surface area contributed by atoms with Crippen molar-refractivity contribution in [2.45, 2.75) is 52.1 Å². The van der Waals surface area contributed by atoms with Crippen LogP contribution in [0.4, 0.5) is 0 Å². The molecule has 1 unspecified atom stereocenters. The number of hydrogen-bond donors (Lipinski definition) is 1. The maximum atomic E-state index is 3.62. The molecule has 1 N–H and O–H groups in total. The summed E-state index contributed by atoms with van der Waals surface area (Å²) in [6.07, 6.45) is 5.16. The predicted octanol–water partition coefficient (Wildman–Crippen LogP) is 4.57. The number of thiophene rings is 1. The third-order valence-corrected chi connectivity index (χ3v) is 4.22. The maximum absolute atomic E-state index is 3.62. The Hall–Kier alpha value is 0.140. The van der Waals surface area contributed by atoms with Crippen LogP contribution in [-0.4, -0.2) is 6.04 Å². The van der Waals surface area contributed by atoms with Crippen molar-refractivity contribution in [2.75, 3.05) is 0 Å². The molecule has 0 bridgehead atoms. The molecule has 0 saturated heterocycles. The van der Waals surface area contributed by atoms with Gasteiger partial charge in [-0.1, -0.05) is 26.7 Å². The van der Waals surface area contributed by atoms with Gasteiger partial charge in [0, 0.05) is 17.5 Å². The lowest BCUT2D eigenvalue weighted by Crippen LogP contribution is -2.27. The lowest BCUT2D eigenvalue weighted by molar-refractivity contribution is 0.454. The van der Waals surface area contributed by atoms with Gasteiger partial charge in [0.05, 0.1) is 3.79 Å². The maximum Gasteiger partial charge on any atom is 0.0701 e. The molecule has 1 atom stereocenters. The largest absolute Gasteiger partial charge is 0.309 e. The lowest BCUT2D eigenvalue weighted by atomic mass is 10.1. The van der Waals surface area contributed by atoms with Crippen LogP contribution in [0, 0.1) is 0 Å². The molecule has 0 spiro atoms. The van der Waals surface area contributed by atoms with Crippen molar-refractivity contribution in [2.24, 2.45) is 0 Å². The zero-order chi connectivity index (χ0) is 11.1. The SMILES string of the molecule is CCCCC(CC)NCc1ccc(Br)s1. The van der Waals surface area contributed by atoms with Crippen LogP contribution in [-0.2, 0) is 6.54 Å². The zero-order valence-corrected chi connectivity index (χ0v) is 12.0. The molecular formula is C12H20BrNS. The summed E-state index contributed by atoms with van der Waals surface area (Å²) in [6, 6.07) is 4.99. The molecule has 1 heterocycles. The van der Waals surface area contributed by atoms with Crippen LogP contribution in [0.15, 0.2) is 15.9 Å². The van der Waals surface area contributed by atoms with Gasteiger partial charge in [-0.15, -0.1) is 11.3 Å². The summed E-state index contributed by atoms with van der Waals surface area (Å²) in [5, 5.41) is 3.62. The average Bonchev–Trinajstić information content (AvgIpc) is 2.65. The van der Waals surface area contributed by atoms with Crippen LogP contribution in [0.2, 0.25) is 0 Å². The molecule has 1 aromatic rings. The smallest absolute Gasteiger partial charge is 0.0701 e. The second-order valence-corrected chi connectivity index (χ2v) is 6.38. The van der Waals surface area contributed by atoms with E-state index in [9.17, 15) is 0 Å². The standard InChI is InChI=1S/C12H20BrNS/c1-3-5-6-10(4-2)14-9-11-7-8-12(13)15-11/h7-8,10,14H,3-6,9H2,1-2H3. The Morgan fingerprint density at radius 3 is 2.73 bits per heavy atom. The number of halogens is 1. The molecule has 86 valence electrons. The zero-order valence-electron chi connectivity index (χ0n) is 9.55. The highest BCUT2D eigenvalue weighted by Gasteiger charge is 2.05. The van der Waals surface area contributed by atoms with E-state index in [4.69, 9.17) is 0 Å². The minimum Gasteiger partial charge on any atom is -0.309 e. The molecule has 1 aromatic heterocycles. The van der Waals surface area contributed by atoms with Crippen molar-refractivity contribution in [1.82, 2.24) is 5.32 Å². The van der Waals surface area contributed by atoms with Crippen molar-refractivity contribution >= 4 is 27.3 Å². The van der Waals surface area contributed by atoms with Crippen molar-refractivity contribution in [1.29, 1.82) is 0 Å². The van der Waals surface area contributed by atoms with Crippen LogP contribution in [0.3, 0.4) is 0 Å². The first-order valence-corrected chi connectivity index (χ1v) is 7.34. The molecule has 15 heavy (non-hydrogen) atoms. The fourth-order valence-corrected chi connectivity index (χ4v) is 3.03. The average molecular weight is 290 g/mol. The van der Waals surface area contributed by atoms with Crippen LogP contribution in [0.5, 0.6) is 0 Å². The number of unbranched alkanes of at least 4 members (excludes halogenated alkanes) is 1. The summed E-state index contributed by atoms with van der Waals surface area (Å²) in [5.41, 5.74) is 0. The van der Waals surface area contributed by atoms with Gasteiger partial charge in [-0.25, -0.2) is 0 Å². The van der Waals surface area contributed by atoms with E-state index >= 15 is 0 Å². The fraction of sp³-hybridized carbons (Fsp3) is 0.667. The highest BCUT2D eigenvalue weighted by Crippen LogP contribution is 2.22. The Balaban J connectivity index is 2.27. The van der Waals surface area contributed by atoms with E-state index in [0.717, 1.165) is 6.54 Å². The monoisotopic (exact) mass is 289 g/mol. The van der Waals surface area contributed by atoms with Crippen LogP contribution in [0.25, 0.3) is 0 Å². The summed E-state index contributed by atoms with van der Waals surface area (Å²) in [6.45, 7) is 5.53. The van der Waals surface area contributed by atoms with E-state index in [-0.39, 0.29) is 0 Å². The van der Waals surface area contributed by atoms with Crippen molar-refractivity contribution in [3.05, 3.63) is 20.8 Å². The molecule has 1 nitrogen and oxygen atoms in total. The summed E-state index contributed by atoms with van der Waals surface area (Å²) in [5.74, 6) is 0. The summed E-state index contributed by atoms with van der Waals surface area (Å²) >= 11 is 5.31. The van der Waals surface area contributed by atoms with Gasteiger partial charge in [0.25, 0.3) is 0 Å². The first-order valence-electron chi connectivity index (χ1n) is 5.73. The second kappa shape index (κ2) is 7.42. The Kier molecular flexibility index (Phi) is 6.53. The first kappa shape index (κ1) is 13.2. The van der Waals surface area contributed by atoms with Crippen molar-refractivity contribution < 1.29 is 0 Å². The third-order valence-electron chi connectivity index (χ3n) is 2.59. The normalized spacial score (nSPS) is 13.0. The number of rotatable bonds is 7. The fourth-order valence-electron chi connectivity index (χ4n) is 1.59. The minimum atomic E-state index is 0.686. The van der Waals surface area contributed by atoms with Crippen LogP contribution < -0.4 is 5.32 Å². The third kappa shape index (κ3) is 5.14. The molecule has 0 aromatic carbocycles. The van der Waals surface area contributed by atoms with E-state index in [2.05, 4.69) is 47.2 Å². The van der Waals surface area contributed by atoms with Gasteiger partial charge in [0.15, 0.2) is 0 Å². The molecule has 0 fully saturated rings. The van der Waals surface area contributed by atoms with E-state index < -0.39 is 0 Å². The van der Waals surface area contributed by atoms with Crippen LogP contribution in [0.1, 0.15) is 44.4 Å². The first-order chi connectivity index (χ1) is 7.26.